The Morgan fingerprint density at radius 3 is 1.86 bits per heavy atom. The van der Waals surface area contributed by atoms with E-state index in [4.69, 9.17) is 67.7 Å². The molecule has 5 rings (SSSR count). The number of ether oxygens (including phenoxy) is 1. The number of aliphatic hydroxyl groups is 1. The Balaban J connectivity index is 0.000000197. The third kappa shape index (κ3) is 8.96. The lowest BCUT2D eigenvalue weighted by Gasteiger charge is -2.13. The number of hydrogen-bond acceptors (Lipinski definition) is 6. The van der Waals surface area contributed by atoms with Gasteiger partial charge in [-0.25, -0.2) is 9.97 Å². The van der Waals surface area contributed by atoms with Crippen LogP contribution in [0.2, 0.25) is 20.1 Å². The first-order chi connectivity index (χ1) is 20.9. The second kappa shape index (κ2) is 16.8. The number of halogens is 4. The maximum absolute atomic E-state index is 8.79. The molecule has 1 aliphatic heterocycles. The van der Waals surface area contributed by atoms with Crippen LogP contribution in [0.1, 0.15) is 49.9 Å². The maximum Gasteiger partial charge on any atom is 0.0957 e. The van der Waals surface area contributed by atoms with Gasteiger partial charge >= 0.3 is 0 Å². The van der Waals surface area contributed by atoms with Crippen LogP contribution in [0.3, 0.4) is 0 Å². The SMILES string of the molecule is NCc1c(-c2ccc(Cl)cc2Cl)ncn1CC1CCCO1.NCc1c(-c2ccc(Cl)cc2Cl)ncn1CCCCCCO. The van der Waals surface area contributed by atoms with Gasteiger partial charge in [-0.1, -0.05) is 59.2 Å². The smallest absolute Gasteiger partial charge is 0.0957 e. The van der Waals surface area contributed by atoms with E-state index < -0.39 is 0 Å². The molecule has 12 heteroatoms. The zero-order valence-electron chi connectivity index (χ0n) is 24.0. The molecule has 2 aromatic heterocycles. The number of nitrogens with zero attached hydrogens (tertiary/aromatic N) is 4. The summed E-state index contributed by atoms with van der Waals surface area (Å²) in [5.74, 6) is 0. The molecule has 5 N–H and O–H groups in total. The maximum atomic E-state index is 8.79. The third-order valence-electron chi connectivity index (χ3n) is 7.38. The van der Waals surface area contributed by atoms with Crippen molar-refractivity contribution in [2.24, 2.45) is 11.5 Å². The summed E-state index contributed by atoms with van der Waals surface area (Å²) in [6, 6.07) is 10.8. The fourth-order valence-electron chi connectivity index (χ4n) is 5.16. The molecule has 0 spiro atoms. The predicted octanol–water partition coefficient (Wildman–Crippen LogP) is 7.36. The van der Waals surface area contributed by atoms with E-state index in [0.29, 0.717) is 33.2 Å². The number of aromatic nitrogens is 4. The topological polar surface area (TPSA) is 117 Å². The number of hydrogen-bond donors (Lipinski definition) is 3. The summed E-state index contributed by atoms with van der Waals surface area (Å²) in [5, 5.41) is 11.2. The van der Waals surface area contributed by atoms with Gasteiger partial charge in [0.1, 0.15) is 0 Å². The molecule has 2 aromatic carbocycles. The lowest BCUT2D eigenvalue weighted by atomic mass is 10.1. The van der Waals surface area contributed by atoms with Gasteiger partial charge < -0.3 is 30.4 Å². The molecule has 0 saturated carbocycles. The number of aryl methyl sites for hydroxylation is 1. The molecule has 0 bridgehead atoms. The average molecular weight is 668 g/mol. The van der Waals surface area contributed by atoms with Gasteiger partial charge in [0, 0.05) is 54.0 Å². The lowest BCUT2D eigenvalue weighted by Crippen LogP contribution is -2.17. The highest BCUT2D eigenvalue weighted by atomic mass is 35.5. The summed E-state index contributed by atoms with van der Waals surface area (Å²) in [4.78, 5) is 8.97. The highest BCUT2D eigenvalue weighted by Gasteiger charge is 2.20. The second-order valence-electron chi connectivity index (χ2n) is 10.4. The van der Waals surface area contributed by atoms with Crippen LogP contribution in [0, 0.1) is 0 Å². The number of unbranched alkanes of at least 4 members (excludes halogenated alkanes) is 3. The van der Waals surface area contributed by atoms with Crippen LogP contribution < -0.4 is 11.5 Å². The van der Waals surface area contributed by atoms with Crippen molar-refractivity contribution in [2.45, 2.75) is 70.8 Å². The van der Waals surface area contributed by atoms with E-state index in [9.17, 15) is 0 Å². The van der Waals surface area contributed by atoms with E-state index in [1.54, 1.807) is 18.2 Å². The largest absolute Gasteiger partial charge is 0.396 e. The molecular weight excluding hydrogens is 630 g/mol. The molecule has 1 saturated heterocycles. The Bertz CT molecular complexity index is 1470. The summed E-state index contributed by atoms with van der Waals surface area (Å²) in [5.41, 5.74) is 17.1. The zero-order chi connectivity index (χ0) is 30.8. The monoisotopic (exact) mass is 666 g/mol. The van der Waals surface area contributed by atoms with Crippen LogP contribution in [-0.4, -0.2) is 43.5 Å². The molecule has 4 aromatic rings. The minimum Gasteiger partial charge on any atom is -0.396 e. The lowest BCUT2D eigenvalue weighted by molar-refractivity contribution is 0.0964. The van der Waals surface area contributed by atoms with E-state index in [-0.39, 0.29) is 12.7 Å². The van der Waals surface area contributed by atoms with Gasteiger partial charge in [0.2, 0.25) is 0 Å². The molecule has 232 valence electrons. The van der Waals surface area contributed by atoms with E-state index in [0.717, 1.165) is 92.1 Å². The van der Waals surface area contributed by atoms with Crippen LogP contribution in [0.5, 0.6) is 0 Å². The Hall–Kier alpha value is -2.14. The highest BCUT2D eigenvalue weighted by Crippen LogP contribution is 2.33. The predicted molar refractivity (Wildman–Crippen MR) is 176 cm³/mol. The van der Waals surface area contributed by atoms with Gasteiger partial charge in [0.05, 0.1) is 58.1 Å². The Morgan fingerprint density at radius 1 is 0.791 bits per heavy atom. The van der Waals surface area contributed by atoms with Crippen LogP contribution in [0.15, 0.2) is 49.1 Å². The fourth-order valence-corrected chi connectivity index (χ4v) is 6.16. The van der Waals surface area contributed by atoms with Gasteiger partial charge in [-0.05, 0) is 62.1 Å². The molecule has 43 heavy (non-hydrogen) atoms. The molecular formula is C31H38Cl4N6O2. The molecule has 1 atom stereocenters. The molecule has 8 nitrogen and oxygen atoms in total. The first kappa shape index (κ1) is 33.7. The van der Waals surface area contributed by atoms with Gasteiger partial charge in [0.25, 0.3) is 0 Å². The molecule has 1 unspecified atom stereocenters. The van der Waals surface area contributed by atoms with Crippen molar-refractivity contribution < 1.29 is 9.84 Å². The number of aliphatic hydroxyl groups excluding tert-OH is 1. The zero-order valence-corrected chi connectivity index (χ0v) is 27.0. The Morgan fingerprint density at radius 2 is 1.35 bits per heavy atom. The first-order valence-electron chi connectivity index (χ1n) is 14.5. The van der Waals surface area contributed by atoms with Crippen molar-refractivity contribution in [1.29, 1.82) is 0 Å². The van der Waals surface area contributed by atoms with E-state index in [1.165, 1.54) is 0 Å². The second-order valence-corrected chi connectivity index (χ2v) is 12.0. The molecule has 1 aliphatic rings. The first-order valence-corrected chi connectivity index (χ1v) is 16.0. The number of benzene rings is 2. The molecule has 0 amide bonds. The van der Waals surface area contributed by atoms with Gasteiger partial charge in [-0.2, -0.15) is 0 Å². The van der Waals surface area contributed by atoms with Crippen molar-refractivity contribution in [1.82, 2.24) is 19.1 Å². The fraction of sp³-hybridized carbons (Fsp3) is 0.419. The minimum absolute atomic E-state index is 0.248. The number of rotatable bonds is 12. The van der Waals surface area contributed by atoms with Crippen molar-refractivity contribution in [3.05, 3.63) is 80.5 Å². The van der Waals surface area contributed by atoms with E-state index in [2.05, 4.69) is 19.1 Å². The number of nitrogens with two attached hydrogens (primary N) is 2. The molecule has 1 fully saturated rings. The molecule has 0 aliphatic carbocycles. The van der Waals surface area contributed by atoms with Crippen LogP contribution in [-0.2, 0) is 30.9 Å². The number of imidazole rings is 2. The summed E-state index contributed by atoms with van der Waals surface area (Å²) in [7, 11) is 0. The van der Waals surface area contributed by atoms with Crippen LogP contribution in [0.4, 0.5) is 0 Å². The Kier molecular flexibility index (Phi) is 13.2. The van der Waals surface area contributed by atoms with E-state index in [1.807, 2.05) is 30.9 Å². The van der Waals surface area contributed by atoms with Gasteiger partial charge in [-0.15, -0.1) is 0 Å². The van der Waals surface area contributed by atoms with Crippen LogP contribution >= 0.6 is 46.4 Å². The van der Waals surface area contributed by atoms with Crippen molar-refractivity contribution in [3.8, 4) is 22.5 Å². The molecule has 0 radical (unpaired) electrons. The van der Waals surface area contributed by atoms with Gasteiger partial charge in [0.15, 0.2) is 0 Å². The third-order valence-corrected chi connectivity index (χ3v) is 8.48. The van der Waals surface area contributed by atoms with E-state index >= 15 is 0 Å². The van der Waals surface area contributed by atoms with Gasteiger partial charge in [-0.3, -0.25) is 0 Å². The quantitative estimate of drug-likeness (QED) is 0.136. The molecule has 3 heterocycles. The average Bonchev–Trinajstić information content (AvgIpc) is 3.74. The summed E-state index contributed by atoms with van der Waals surface area (Å²) >= 11 is 24.4. The minimum atomic E-state index is 0.248. The van der Waals surface area contributed by atoms with Crippen molar-refractivity contribution in [2.75, 3.05) is 13.2 Å². The summed E-state index contributed by atoms with van der Waals surface area (Å²) in [6.07, 6.45) is 10.1. The van der Waals surface area contributed by atoms with Crippen molar-refractivity contribution in [3.63, 3.8) is 0 Å². The normalized spacial score (nSPS) is 14.6. The Labute approximate surface area is 272 Å². The van der Waals surface area contributed by atoms with Crippen LogP contribution in [0.25, 0.3) is 22.5 Å². The highest BCUT2D eigenvalue weighted by molar-refractivity contribution is 6.37. The standard InChI is InChI=1S/C16H21Cl2N3O.C15H17Cl2N3O/c17-12-5-6-13(14(18)9-12)16-15(10-19)21(11-20-16)7-3-1-2-4-8-22;16-10-3-4-12(13(17)6-10)15-14(7-18)20(9-19-15)8-11-2-1-5-21-11/h5-6,9,11,22H,1-4,7-8,10,19H2;3-4,6,9,11H,1-2,5,7-8,18H2. The summed E-state index contributed by atoms with van der Waals surface area (Å²) in [6.45, 7) is 3.57. The summed E-state index contributed by atoms with van der Waals surface area (Å²) < 4.78 is 9.83. The van der Waals surface area contributed by atoms with Crippen molar-refractivity contribution >= 4 is 46.4 Å².